The Morgan fingerprint density at radius 3 is 2.81 bits per heavy atom. The van der Waals surface area contributed by atoms with E-state index in [9.17, 15) is 9.59 Å². The van der Waals surface area contributed by atoms with Gasteiger partial charge in [0.25, 0.3) is 0 Å². The van der Waals surface area contributed by atoms with Crippen molar-refractivity contribution in [1.29, 1.82) is 0 Å². The summed E-state index contributed by atoms with van der Waals surface area (Å²) in [6, 6.07) is 4.05. The van der Waals surface area contributed by atoms with Gasteiger partial charge in [0.15, 0.2) is 0 Å². The summed E-state index contributed by atoms with van der Waals surface area (Å²) in [4.78, 5) is 29.0. The van der Waals surface area contributed by atoms with Crippen molar-refractivity contribution < 1.29 is 14.0 Å². The van der Waals surface area contributed by atoms with E-state index in [1.54, 1.807) is 4.90 Å². The lowest BCUT2D eigenvalue weighted by atomic mass is 9.88. The summed E-state index contributed by atoms with van der Waals surface area (Å²) < 4.78 is 5.99. The average molecular weight is 358 g/mol. The molecule has 2 aliphatic rings. The molecule has 3 rings (SSSR count). The highest BCUT2D eigenvalue weighted by Gasteiger charge is 2.37. The molecule has 1 aromatic rings. The van der Waals surface area contributed by atoms with Crippen molar-refractivity contribution in [2.75, 3.05) is 19.6 Å². The van der Waals surface area contributed by atoms with Crippen LogP contribution < -0.4 is 0 Å². The second-order valence-electron chi connectivity index (χ2n) is 7.66. The van der Waals surface area contributed by atoms with Crippen LogP contribution >= 0.6 is 0 Å². The SMILES string of the molecule is C=CC(=O)N1CCCC(C(=O)N2CC[C@H](C)C[C@H]2c2ccc(CC)o2)C1. The molecule has 0 spiro atoms. The molecule has 0 bridgehead atoms. The molecule has 0 aliphatic carbocycles. The molecule has 0 aromatic carbocycles. The van der Waals surface area contributed by atoms with E-state index in [0.717, 1.165) is 50.2 Å². The fourth-order valence-corrected chi connectivity index (χ4v) is 4.18. The van der Waals surface area contributed by atoms with Gasteiger partial charge < -0.3 is 14.2 Å². The first-order valence-electron chi connectivity index (χ1n) is 9.83. The van der Waals surface area contributed by atoms with Crippen LogP contribution in [-0.4, -0.2) is 41.2 Å². The van der Waals surface area contributed by atoms with Gasteiger partial charge in [-0.3, -0.25) is 9.59 Å². The maximum Gasteiger partial charge on any atom is 0.245 e. The molecule has 2 amide bonds. The van der Waals surface area contributed by atoms with Crippen LogP contribution in [0.2, 0.25) is 0 Å². The van der Waals surface area contributed by atoms with Crippen molar-refractivity contribution in [3.63, 3.8) is 0 Å². The fraction of sp³-hybridized carbons (Fsp3) is 0.619. The number of aryl methyl sites for hydroxylation is 1. The lowest BCUT2D eigenvalue weighted by Gasteiger charge is -2.41. The van der Waals surface area contributed by atoms with Crippen LogP contribution in [0.1, 0.15) is 57.1 Å². The zero-order valence-electron chi connectivity index (χ0n) is 15.9. The Morgan fingerprint density at radius 2 is 2.12 bits per heavy atom. The minimum atomic E-state index is -0.121. The maximum absolute atomic E-state index is 13.3. The van der Waals surface area contributed by atoms with Gasteiger partial charge in [0, 0.05) is 26.1 Å². The summed E-state index contributed by atoms with van der Waals surface area (Å²) in [6.07, 6.45) is 5.86. The third kappa shape index (κ3) is 3.87. The van der Waals surface area contributed by atoms with Gasteiger partial charge in [-0.05, 0) is 49.8 Å². The normalized spacial score (nSPS) is 26.6. The van der Waals surface area contributed by atoms with E-state index < -0.39 is 0 Å². The molecule has 1 aromatic heterocycles. The summed E-state index contributed by atoms with van der Waals surface area (Å²) in [7, 11) is 0. The zero-order chi connectivity index (χ0) is 18.7. The number of carbonyl (C=O) groups is 2. The Balaban J connectivity index is 1.77. The van der Waals surface area contributed by atoms with Gasteiger partial charge in [-0.2, -0.15) is 0 Å². The fourth-order valence-electron chi connectivity index (χ4n) is 4.18. The quantitative estimate of drug-likeness (QED) is 0.773. The van der Waals surface area contributed by atoms with Crippen LogP contribution in [0.15, 0.2) is 29.2 Å². The van der Waals surface area contributed by atoms with E-state index in [-0.39, 0.29) is 23.8 Å². The molecular formula is C21H30N2O3. The third-order valence-electron chi connectivity index (χ3n) is 5.76. The first-order chi connectivity index (χ1) is 12.5. The molecular weight excluding hydrogens is 328 g/mol. The van der Waals surface area contributed by atoms with Gasteiger partial charge in [-0.1, -0.05) is 20.4 Å². The highest BCUT2D eigenvalue weighted by Crippen LogP contribution is 2.36. The second kappa shape index (κ2) is 8.11. The van der Waals surface area contributed by atoms with Crippen molar-refractivity contribution in [1.82, 2.24) is 9.80 Å². The van der Waals surface area contributed by atoms with Gasteiger partial charge >= 0.3 is 0 Å². The number of carbonyl (C=O) groups excluding carboxylic acids is 2. The zero-order valence-corrected chi connectivity index (χ0v) is 15.9. The topological polar surface area (TPSA) is 53.8 Å². The van der Waals surface area contributed by atoms with E-state index in [0.29, 0.717) is 19.0 Å². The lowest BCUT2D eigenvalue weighted by molar-refractivity contribution is -0.144. The number of furan rings is 1. The Labute approximate surface area is 156 Å². The molecule has 0 N–H and O–H groups in total. The number of piperidine rings is 2. The second-order valence-corrected chi connectivity index (χ2v) is 7.66. The molecule has 2 aliphatic heterocycles. The Morgan fingerprint density at radius 1 is 1.31 bits per heavy atom. The minimum Gasteiger partial charge on any atom is -0.464 e. The number of hydrogen-bond acceptors (Lipinski definition) is 3. The van der Waals surface area contributed by atoms with E-state index >= 15 is 0 Å². The average Bonchev–Trinajstić information content (AvgIpc) is 3.16. The van der Waals surface area contributed by atoms with E-state index in [4.69, 9.17) is 4.42 Å². The van der Waals surface area contributed by atoms with Crippen LogP contribution in [0.3, 0.4) is 0 Å². The largest absolute Gasteiger partial charge is 0.464 e. The first kappa shape index (κ1) is 18.7. The van der Waals surface area contributed by atoms with Crippen LogP contribution in [0.5, 0.6) is 0 Å². The highest BCUT2D eigenvalue weighted by atomic mass is 16.3. The number of amides is 2. The van der Waals surface area contributed by atoms with Crippen molar-refractivity contribution in [2.45, 2.75) is 52.0 Å². The van der Waals surface area contributed by atoms with Crippen LogP contribution in [-0.2, 0) is 16.0 Å². The summed E-state index contributed by atoms with van der Waals surface area (Å²) in [5.74, 6) is 2.40. The Hall–Kier alpha value is -2.04. The third-order valence-corrected chi connectivity index (χ3v) is 5.76. The molecule has 1 unspecified atom stereocenters. The van der Waals surface area contributed by atoms with Crippen LogP contribution in [0, 0.1) is 11.8 Å². The van der Waals surface area contributed by atoms with E-state index in [2.05, 4.69) is 20.4 Å². The number of likely N-dealkylation sites (tertiary alicyclic amines) is 2. The summed E-state index contributed by atoms with van der Waals surface area (Å²) >= 11 is 0. The molecule has 0 saturated carbocycles. The Kier molecular flexibility index (Phi) is 5.84. The monoisotopic (exact) mass is 358 g/mol. The number of rotatable bonds is 4. The summed E-state index contributed by atoms with van der Waals surface area (Å²) in [5.41, 5.74) is 0. The molecule has 26 heavy (non-hydrogen) atoms. The molecule has 5 nitrogen and oxygen atoms in total. The Bertz CT molecular complexity index is 666. The standard InChI is InChI=1S/C21H30N2O3/c1-4-17-8-9-19(26-17)18-13-15(3)10-12-23(18)21(25)16-7-6-11-22(14-16)20(24)5-2/h5,8-9,15-16,18H,2,4,6-7,10-14H2,1,3H3/t15-,16?,18-/m0/s1. The van der Waals surface area contributed by atoms with Crippen LogP contribution in [0.25, 0.3) is 0 Å². The molecule has 2 fully saturated rings. The molecule has 5 heteroatoms. The van der Waals surface area contributed by atoms with E-state index in [1.807, 2.05) is 17.0 Å². The van der Waals surface area contributed by atoms with Gasteiger partial charge in [0.05, 0.1) is 12.0 Å². The smallest absolute Gasteiger partial charge is 0.245 e. The predicted molar refractivity (Wildman–Crippen MR) is 100 cm³/mol. The molecule has 0 radical (unpaired) electrons. The molecule has 2 saturated heterocycles. The minimum absolute atomic E-state index is 0.0111. The van der Waals surface area contributed by atoms with E-state index in [1.165, 1.54) is 6.08 Å². The van der Waals surface area contributed by atoms with Crippen LogP contribution in [0.4, 0.5) is 0 Å². The molecule has 142 valence electrons. The van der Waals surface area contributed by atoms with Crippen molar-refractivity contribution >= 4 is 11.8 Å². The lowest BCUT2D eigenvalue weighted by Crippen LogP contribution is -2.49. The van der Waals surface area contributed by atoms with Gasteiger partial charge in [0.1, 0.15) is 11.5 Å². The number of hydrogen-bond donors (Lipinski definition) is 0. The maximum atomic E-state index is 13.3. The molecule has 3 heterocycles. The molecule has 3 atom stereocenters. The van der Waals surface area contributed by atoms with Gasteiger partial charge in [0.2, 0.25) is 11.8 Å². The summed E-state index contributed by atoms with van der Waals surface area (Å²) in [5, 5.41) is 0. The van der Waals surface area contributed by atoms with Crippen molar-refractivity contribution in [2.24, 2.45) is 11.8 Å². The van der Waals surface area contributed by atoms with Crippen molar-refractivity contribution in [3.05, 3.63) is 36.3 Å². The highest BCUT2D eigenvalue weighted by molar-refractivity contribution is 5.88. The van der Waals surface area contributed by atoms with Gasteiger partial charge in [-0.25, -0.2) is 0 Å². The summed E-state index contributed by atoms with van der Waals surface area (Å²) in [6.45, 7) is 9.86. The van der Waals surface area contributed by atoms with Crippen molar-refractivity contribution in [3.8, 4) is 0 Å². The predicted octanol–water partition coefficient (Wildman–Crippen LogP) is 3.57. The number of nitrogens with zero attached hydrogens (tertiary/aromatic N) is 2. The first-order valence-corrected chi connectivity index (χ1v) is 9.83. The van der Waals surface area contributed by atoms with Gasteiger partial charge in [-0.15, -0.1) is 0 Å².